The first-order valence-electron chi connectivity index (χ1n) is 33.4. The minimum atomic E-state index is -0.184. The zero-order valence-corrected chi connectivity index (χ0v) is 58.9. The van der Waals surface area contributed by atoms with E-state index in [-0.39, 0.29) is 51.3 Å². The summed E-state index contributed by atoms with van der Waals surface area (Å²) in [5, 5.41) is 1.32. The molecule has 460 valence electrons. The summed E-state index contributed by atoms with van der Waals surface area (Å²) in [4.78, 5) is 10.6. The molecule has 91 heavy (non-hydrogen) atoms. The van der Waals surface area contributed by atoms with Crippen molar-refractivity contribution in [3.63, 3.8) is 0 Å². The van der Waals surface area contributed by atoms with Gasteiger partial charge >= 0.3 is 0 Å². The minimum Gasteiger partial charge on any atom is -0.311 e. The van der Waals surface area contributed by atoms with Gasteiger partial charge in [0.2, 0.25) is 0 Å². The molecular weight excluding hydrogens is 1120 g/mol. The summed E-state index contributed by atoms with van der Waals surface area (Å²) in [7, 11) is 0. The first kappa shape index (κ1) is 60.8. The van der Waals surface area contributed by atoms with E-state index in [1.807, 2.05) is 11.3 Å². The van der Waals surface area contributed by atoms with Gasteiger partial charge in [0.15, 0.2) is 0 Å². The Bertz CT molecular complexity index is 4560. The van der Waals surface area contributed by atoms with Crippen molar-refractivity contribution < 1.29 is 0 Å². The van der Waals surface area contributed by atoms with Gasteiger partial charge in [-0.25, -0.2) is 0 Å². The summed E-state index contributed by atoms with van der Waals surface area (Å²) in [6.45, 7) is 49.1. The minimum absolute atomic E-state index is 0.00102. The summed E-state index contributed by atoms with van der Waals surface area (Å²) in [6.07, 6.45) is 0. The van der Waals surface area contributed by atoms with E-state index < -0.39 is 0 Å². The van der Waals surface area contributed by atoms with Gasteiger partial charge in [-0.15, -0.1) is 11.3 Å². The van der Waals surface area contributed by atoms with Crippen LogP contribution in [0.2, 0.25) is 0 Å². The Labute approximate surface area is 549 Å². The summed E-state index contributed by atoms with van der Waals surface area (Å²) in [5.74, 6) is 0. The molecule has 5 heterocycles. The molecule has 4 aliphatic heterocycles. The number of hydrogen-bond donors (Lipinski definition) is 0. The molecular formula is C84H92B2N4S. The SMILES string of the molecule is CC(C)(C)c1ccc(N2c3ccccc3B3c4cc5c(cc4N(c4ccc(C(C)(C)C)cc4)c4cc(C(C)(C)C)cc2c43)N(c2ccc(C(C)(C)C)cc2)c2cc(C(C)(C)C)cc3c2B5c2sc4ccc(C(C)(C)C)cc4c2N3c2ccc(C(C)(C)C)cc2)cc1. The van der Waals surface area contributed by atoms with Gasteiger partial charge in [-0.05, 0) is 201 Å². The molecule has 0 aliphatic carbocycles. The highest BCUT2D eigenvalue weighted by Crippen LogP contribution is 2.53. The second-order valence-electron chi connectivity index (χ2n) is 34.1. The van der Waals surface area contributed by atoms with Gasteiger partial charge in [0.25, 0.3) is 13.4 Å². The molecule has 0 bridgehead atoms. The number of nitrogens with zero attached hydrogens (tertiary/aromatic N) is 4. The first-order chi connectivity index (χ1) is 42.6. The molecule has 0 saturated heterocycles. The molecule has 0 fully saturated rings. The summed E-state index contributed by atoms with van der Waals surface area (Å²) in [6, 6.07) is 70.5. The highest BCUT2D eigenvalue weighted by Gasteiger charge is 2.50. The number of fused-ring (bicyclic) bond motifs is 10. The van der Waals surface area contributed by atoms with E-state index in [1.54, 1.807) is 0 Å². The van der Waals surface area contributed by atoms with Crippen LogP contribution in [0.25, 0.3) is 10.1 Å². The van der Waals surface area contributed by atoms with Crippen molar-refractivity contribution in [3.8, 4) is 0 Å². The third kappa shape index (κ3) is 10.00. The van der Waals surface area contributed by atoms with E-state index in [2.05, 4.69) is 341 Å². The number of rotatable bonds is 4. The molecule has 1 aromatic heterocycles. The van der Waals surface area contributed by atoms with Gasteiger partial charge in [-0.2, -0.15) is 0 Å². The van der Waals surface area contributed by atoms with E-state index in [0.29, 0.717) is 0 Å². The molecule has 7 heteroatoms. The molecule has 0 unspecified atom stereocenters. The fourth-order valence-corrected chi connectivity index (χ4v) is 16.1. The maximum atomic E-state index is 2.72. The molecule has 0 atom stereocenters. The molecule has 4 aliphatic rings. The van der Waals surface area contributed by atoms with Crippen LogP contribution in [0.1, 0.15) is 184 Å². The molecule has 0 N–H and O–H groups in total. The number of anilines is 12. The summed E-state index contributed by atoms with van der Waals surface area (Å²) >= 11 is 2.00. The molecule has 0 amide bonds. The van der Waals surface area contributed by atoms with Crippen molar-refractivity contribution >= 4 is 135 Å². The predicted octanol–water partition coefficient (Wildman–Crippen LogP) is 20.1. The van der Waals surface area contributed by atoms with Crippen LogP contribution in [-0.2, 0) is 37.9 Å². The van der Waals surface area contributed by atoms with Gasteiger partial charge in [-0.3, -0.25) is 0 Å². The Morgan fingerprint density at radius 2 is 0.593 bits per heavy atom. The molecule has 0 radical (unpaired) electrons. The third-order valence-electron chi connectivity index (χ3n) is 20.3. The van der Waals surface area contributed by atoms with E-state index in [9.17, 15) is 0 Å². The standard InChI is InChI=1S/C84H92B2N4S/c1-78(2,3)51-26-35-58(36-27-51)87-66-25-23-22-24-63(66)85-64-49-65-68(50-67(64)88(59-37-28-52(29-38-59)79(4,5)6)70-46-56(83(16,17)18)45-69(87)74(70)85)89(60-39-30-53(31-40-60)80(7,8)9)71-47-57(84(19,20)21)48-72-75(71)86(65)77-76(62-44-55(82(13,14)15)34-43-73(62)91-77)90(72)61-41-32-54(33-42-61)81(10,11)12/h22-50H,1-21H3. The number of hydrogen-bond acceptors (Lipinski definition) is 5. The highest BCUT2D eigenvalue weighted by atomic mass is 32.1. The molecule has 0 spiro atoms. The van der Waals surface area contributed by atoms with E-state index in [1.165, 1.54) is 138 Å². The molecule has 0 saturated carbocycles. The van der Waals surface area contributed by atoms with Crippen molar-refractivity contribution in [2.45, 2.75) is 183 Å². The van der Waals surface area contributed by atoms with Crippen molar-refractivity contribution in [2.75, 3.05) is 19.6 Å². The van der Waals surface area contributed by atoms with Crippen molar-refractivity contribution in [2.24, 2.45) is 0 Å². The molecule has 4 nitrogen and oxygen atoms in total. The van der Waals surface area contributed by atoms with Crippen LogP contribution in [0.4, 0.5) is 68.2 Å². The van der Waals surface area contributed by atoms with Crippen LogP contribution in [0, 0.1) is 0 Å². The Morgan fingerprint density at radius 1 is 0.264 bits per heavy atom. The van der Waals surface area contributed by atoms with Gasteiger partial charge in [0.1, 0.15) is 0 Å². The lowest BCUT2D eigenvalue weighted by molar-refractivity contribution is 0.589. The zero-order valence-electron chi connectivity index (χ0n) is 58.1. The second-order valence-corrected chi connectivity index (χ2v) is 35.1. The monoisotopic (exact) mass is 1210 g/mol. The summed E-state index contributed by atoms with van der Waals surface area (Å²) < 4.78 is 2.70. The maximum absolute atomic E-state index is 2.72. The van der Waals surface area contributed by atoms with Crippen LogP contribution < -0.4 is 51.7 Å². The quantitative estimate of drug-likeness (QED) is 0.163. The molecule has 10 aromatic rings. The zero-order chi connectivity index (χ0) is 64.8. The van der Waals surface area contributed by atoms with Gasteiger partial charge in [0.05, 0.1) is 5.69 Å². The second kappa shape index (κ2) is 20.4. The Morgan fingerprint density at radius 3 is 0.989 bits per heavy atom. The number of para-hydroxylation sites is 1. The highest BCUT2D eigenvalue weighted by molar-refractivity contribution is 7.33. The van der Waals surface area contributed by atoms with Crippen LogP contribution in [0.5, 0.6) is 0 Å². The van der Waals surface area contributed by atoms with Crippen LogP contribution in [0.15, 0.2) is 176 Å². The van der Waals surface area contributed by atoms with Crippen LogP contribution >= 0.6 is 11.3 Å². The predicted molar refractivity (Wildman–Crippen MR) is 401 cm³/mol. The van der Waals surface area contributed by atoms with Crippen molar-refractivity contribution in [1.29, 1.82) is 0 Å². The first-order valence-corrected chi connectivity index (χ1v) is 34.2. The number of thiophene rings is 1. The van der Waals surface area contributed by atoms with E-state index in [4.69, 9.17) is 0 Å². The fourth-order valence-electron chi connectivity index (χ4n) is 14.8. The Kier molecular flexibility index (Phi) is 13.6. The molecule has 14 rings (SSSR count). The lowest BCUT2D eigenvalue weighted by Crippen LogP contribution is -2.65. The average Bonchev–Trinajstić information content (AvgIpc) is 1.60. The maximum Gasteiger partial charge on any atom is 0.264 e. The lowest BCUT2D eigenvalue weighted by Gasteiger charge is -2.47. The van der Waals surface area contributed by atoms with Crippen LogP contribution in [0.3, 0.4) is 0 Å². The van der Waals surface area contributed by atoms with Crippen molar-refractivity contribution in [1.82, 2.24) is 0 Å². The Balaban J connectivity index is 1.13. The van der Waals surface area contributed by atoms with Gasteiger partial charge in [-0.1, -0.05) is 224 Å². The van der Waals surface area contributed by atoms with Crippen molar-refractivity contribution in [3.05, 3.63) is 215 Å². The molecule has 9 aromatic carbocycles. The van der Waals surface area contributed by atoms with E-state index >= 15 is 0 Å². The van der Waals surface area contributed by atoms with E-state index in [0.717, 1.165) is 11.4 Å². The Hall–Kier alpha value is -7.73. The fraction of sp³-hybridized carbons (Fsp3) is 0.333. The average molecular weight is 1210 g/mol. The van der Waals surface area contributed by atoms with Gasteiger partial charge < -0.3 is 19.6 Å². The lowest BCUT2D eigenvalue weighted by atomic mass is 9.31. The van der Waals surface area contributed by atoms with Gasteiger partial charge in [0, 0.05) is 77.4 Å². The largest absolute Gasteiger partial charge is 0.311 e. The smallest absolute Gasteiger partial charge is 0.264 e. The third-order valence-corrected chi connectivity index (χ3v) is 21.5. The van der Waals surface area contributed by atoms with Crippen LogP contribution in [-0.4, -0.2) is 13.4 Å². The summed E-state index contributed by atoms with van der Waals surface area (Å²) in [5.41, 5.74) is 30.1. The number of benzene rings is 9. The topological polar surface area (TPSA) is 13.0 Å². The normalized spacial score (nSPS) is 14.7.